The molecular formula is C20H23N3O2. The third-order valence-corrected chi connectivity index (χ3v) is 3.64. The molecule has 0 saturated carbocycles. The molecule has 5 nitrogen and oxygen atoms in total. The summed E-state index contributed by atoms with van der Waals surface area (Å²) in [5.41, 5.74) is 5.63. The summed E-state index contributed by atoms with van der Waals surface area (Å²) in [6.07, 6.45) is 2.14. The molecule has 0 heterocycles. The van der Waals surface area contributed by atoms with E-state index in [9.17, 15) is 9.59 Å². The van der Waals surface area contributed by atoms with Crippen LogP contribution < -0.4 is 10.7 Å². The lowest BCUT2D eigenvalue weighted by Gasteiger charge is -2.07. The number of hydrogen-bond acceptors (Lipinski definition) is 3. The first-order valence-corrected chi connectivity index (χ1v) is 8.46. The number of hydrazone groups is 1. The van der Waals surface area contributed by atoms with Crippen LogP contribution in [0.4, 0.5) is 5.69 Å². The molecule has 2 rings (SSSR count). The minimum absolute atomic E-state index is 0.0612. The van der Waals surface area contributed by atoms with E-state index >= 15 is 0 Å². The Morgan fingerprint density at radius 2 is 1.60 bits per heavy atom. The van der Waals surface area contributed by atoms with E-state index in [4.69, 9.17) is 0 Å². The number of hydrogen-bond donors (Lipinski definition) is 2. The summed E-state index contributed by atoms with van der Waals surface area (Å²) in [4.78, 5) is 23.6. The van der Waals surface area contributed by atoms with Crippen molar-refractivity contribution < 1.29 is 9.59 Å². The van der Waals surface area contributed by atoms with Gasteiger partial charge in [-0.25, -0.2) is 5.43 Å². The van der Waals surface area contributed by atoms with Gasteiger partial charge in [-0.2, -0.15) is 5.10 Å². The summed E-state index contributed by atoms with van der Waals surface area (Å²) in [6.45, 7) is 3.86. The molecular weight excluding hydrogens is 314 g/mol. The van der Waals surface area contributed by atoms with Crippen molar-refractivity contribution in [2.24, 2.45) is 5.10 Å². The number of anilines is 1. The molecule has 2 aromatic carbocycles. The predicted octanol–water partition coefficient (Wildman–Crippen LogP) is 3.97. The Balaban J connectivity index is 2.06. The van der Waals surface area contributed by atoms with Crippen molar-refractivity contribution in [2.75, 3.05) is 5.32 Å². The van der Waals surface area contributed by atoms with E-state index in [2.05, 4.69) is 22.8 Å². The Kier molecular flexibility index (Phi) is 6.89. The summed E-state index contributed by atoms with van der Waals surface area (Å²) in [5.74, 6) is -0.341. The lowest BCUT2D eigenvalue weighted by molar-refractivity contribution is -0.115. The van der Waals surface area contributed by atoms with Crippen LogP contribution in [0.5, 0.6) is 0 Å². The largest absolute Gasteiger partial charge is 0.326 e. The van der Waals surface area contributed by atoms with E-state index in [-0.39, 0.29) is 11.8 Å². The lowest BCUT2D eigenvalue weighted by atomic mass is 10.1. The molecule has 0 atom stereocenters. The van der Waals surface area contributed by atoms with Gasteiger partial charge in [0.2, 0.25) is 5.91 Å². The Morgan fingerprint density at radius 1 is 0.920 bits per heavy atom. The molecule has 0 aromatic heterocycles. The monoisotopic (exact) mass is 337 g/mol. The van der Waals surface area contributed by atoms with Crippen molar-refractivity contribution in [2.45, 2.75) is 33.1 Å². The number of benzene rings is 2. The summed E-state index contributed by atoms with van der Waals surface area (Å²) < 4.78 is 0. The number of nitrogens with zero attached hydrogens (tertiary/aromatic N) is 1. The highest BCUT2D eigenvalue weighted by Crippen LogP contribution is 2.10. The average Bonchev–Trinajstić information content (AvgIpc) is 2.66. The zero-order valence-corrected chi connectivity index (χ0v) is 14.6. The van der Waals surface area contributed by atoms with Gasteiger partial charge >= 0.3 is 0 Å². The quantitative estimate of drug-likeness (QED) is 0.593. The number of nitrogens with one attached hydrogen (secondary N) is 2. The fourth-order valence-corrected chi connectivity index (χ4v) is 2.27. The fraction of sp³-hybridized carbons (Fsp3) is 0.250. The van der Waals surface area contributed by atoms with Gasteiger partial charge in [-0.15, -0.1) is 0 Å². The van der Waals surface area contributed by atoms with Crippen LogP contribution in [0.15, 0.2) is 59.7 Å². The molecule has 0 spiro atoms. The van der Waals surface area contributed by atoms with Crippen molar-refractivity contribution in [3.05, 3.63) is 65.7 Å². The van der Waals surface area contributed by atoms with Crippen molar-refractivity contribution in [1.29, 1.82) is 0 Å². The minimum atomic E-state index is -0.280. The van der Waals surface area contributed by atoms with Gasteiger partial charge in [-0.1, -0.05) is 50.6 Å². The van der Waals surface area contributed by atoms with Gasteiger partial charge in [0.15, 0.2) is 0 Å². The van der Waals surface area contributed by atoms with E-state index in [0.717, 1.165) is 24.1 Å². The standard InChI is InChI=1S/C20H23N3O2/c1-3-8-18(15-9-6-5-7-10-15)22-23-20(25)16-11-13-17(14-12-16)21-19(24)4-2/h5-7,9-14H,3-4,8H2,1-2H3,(H,21,24)(H,23,25)/b22-18-. The van der Waals surface area contributed by atoms with Gasteiger partial charge in [-0.3, -0.25) is 9.59 Å². The van der Waals surface area contributed by atoms with E-state index < -0.39 is 0 Å². The normalized spacial score (nSPS) is 11.0. The van der Waals surface area contributed by atoms with Gasteiger partial charge in [0.05, 0.1) is 5.71 Å². The SMILES string of the molecule is CCC/C(=N/NC(=O)c1ccc(NC(=O)CC)cc1)c1ccccc1. The van der Waals surface area contributed by atoms with Crippen LogP contribution in [0.1, 0.15) is 49.0 Å². The number of carbonyl (C=O) groups excluding carboxylic acids is 2. The third-order valence-electron chi connectivity index (χ3n) is 3.64. The van der Waals surface area contributed by atoms with Crippen LogP contribution in [0.3, 0.4) is 0 Å². The first kappa shape index (κ1) is 18.4. The average molecular weight is 337 g/mol. The van der Waals surface area contributed by atoms with Crippen molar-refractivity contribution in [1.82, 2.24) is 5.43 Å². The summed E-state index contributed by atoms with van der Waals surface area (Å²) >= 11 is 0. The van der Waals surface area contributed by atoms with Gasteiger partial charge in [0, 0.05) is 17.7 Å². The minimum Gasteiger partial charge on any atom is -0.326 e. The second kappa shape index (κ2) is 9.37. The van der Waals surface area contributed by atoms with Crippen LogP contribution in [0.25, 0.3) is 0 Å². The zero-order valence-electron chi connectivity index (χ0n) is 14.6. The first-order chi connectivity index (χ1) is 12.1. The maximum absolute atomic E-state index is 12.3. The summed E-state index contributed by atoms with van der Waals surface area (Å²) in [7, 11) is 0. The molecule has 2 aromatic rings. The highest BCUT2D eigenvalue weighted by molar-refractivity contribution is 6.02. The van der Waals surface area contributed by atoms with Gasteiger partial charge in [-0.05, 0) is 36.2 Å². The Hall–Kier alpha value is -2.95. The maximum Gasteiger partial charge on any atom is 0.271 e. The molecule has 0 fully saturated rings. The van der Waals surface area contributed by atoms with Crippen molar-refractivity contribution in [3.63, 3.8) is 0 Å². The van der Waals surface area contributed by atoms with Crippen molar-refractivity contribution in [3.8, 4) is 0 Å². The van der Waals surface area contributed by atoms with E-state index in [1.165, 1.54) is 0 Å². The van der Waals surface area contributed by atoms with Crippen molar-refractivity contribution >= 4 is 23.2 Å². The summed E-state index contributed by atoms with van der Waals surface area (Å²) in [5, 5.41) is 7.04. The Labute approximate surface area is 148 Å². The predicted molar refractivity (Wildman–Crippen MR) is 101 cm³/mol. The van der Waals surface area contributed by atoms with E-state index in [1.807, 2.05) is 30.3 Å². The maximum atomic E-state index is 12.3. The number of rotatable bonds is 7. The molecule has 130 valence electrons. The molecule has 2 amide bonds. The molecule has 25 heavy (non-hydrogen) atoms. The van der Waals surface area contributed by atoms with Crippen LogP contribution in [0, 0.1) is 0 Å². The van der Waals surface area contributed by atoms with Gasteiger partial charge < -0.3 is 5.32 Å². The second-order valence-electron chi connectivity index (χ2n) is 5.59. The third kappa shape index (κ3) is 5.57. The fourth-order valence-electron chi connectivity index (χ4n) is 2.27. The zero-order chi connectivity index (χ0) is 18.1. The van der Waals surface area contributed by atoms with Crippen LogP contribution in [0.2, 0.25) is 0 Å². The van der Waals surface area contributed by atoms with E-state index in [1.54, 1.807) is 31.2 Å². The van der Waals surface area contributed by atoms with E-state index in [0.29, 0.717) is 17.7 Å². The van der Waals surface area contributed by atoms with Crippen LogP contribution in [-0.4, -0.2) is 17.5 Å². The van der Waals surface area contributed by atoms with Gasteiger partial charge in [0.1, 0.15) is 0 Å². The lowest BCUT2D eigenvalue weighted by Crippen LogP contribution is -2.20. The highest BCUT2D eigenvalue weighted by Gasteiger charge is 2.07. The Bertz CT molecular complexity index is 737. The second-order valence-corrected chi connectivity index (χ2v) is 5.59. The molecule has 0 bridgehead atoms. The summed E-state index contributed by atoms with van der Waals surface area (Å²) in [6, 6.07) is 16.5. The van der Waals surface area contributed by atoms with Crippen LogP contribution >= 0.6 is 0 Å². The molecule has 0 unspecified atom stereocenters. The molecule has 0 aliphatic carbocycles. The van der Waals surface area contributed by atoms with Crippen LogP contribution in [-0.2, 0) is 4.79 Å². The molecule has 0 saturated heterocycles. The van der Waals surface area contributed by atoms with Gasteiger partial charge in [0.25, 0.3) is 5.91 Å². The topological polar surface area (TPSA) is 70.6 Å². The Morgan fingerprint density at radius 3 is 2.20 bits per heavy atom. The highest BCUT2D eigenvalue weighted by atomic mass is 16.2. The molecule has 0 radical (unpaired) electrons. The number of carbonyl (C=O) groups is 2. The molecule has 5 heteroatoms. The molecule has 2 N–H and O–H groups in total. The molecule has 0 aliphatic heterocycles. The first-order valence-electron chi connectivity index (χ1n) is 8.46. The molecule has 0 aliphatic rings. The number of amides is 2. The smallest absolute Gasteiger partial charge is 0.271 e.